The van der Waals surface area contributed by atoms with Gasteiger partial charge in [-0.3, -0.25) is 54.2 Å². The van der Waals surface area contributed by atoms with Crippen LogP contribution in [0.4, 0.5) is 24.6 Å². The number of anilines is 2. The molecule has 2 aromatic heterocycles. The van der Waals surface area contributed by atoms with Crippen LogP contribution in [0.5, 0.6) is 23.0 Å². The quantitative estimate of drug-likeness (QED) is 0.0102. The van der Waals surface area contributed by atoms with Crippen LogP contribution in [0.2, 0.25) is 10.0 Å². The molecular weight excluding hydrogens is 1480 g/mol. The average Bonchev–Trinajstić information content (AvgIpc) is 1.56. The number of carbonyl (C=O) groups excluding carboxylic acids is 10. The number of nitrogens with one attached hydrogen (secondary N) is 3. The van der Waals surface area contributed by atoms with Crippen molar-refractivity contribution >= 4 is 180 Å². The first-order valence-corrected chi connectivity index (χ1v) is 33.3. The topological polar surface area (TPSA) is 616 Å². The van der Waals surface area contributed by atoms with Gasteiger partial charge in [-0.1, -0.05) is 57.0 Å². The number of nitrogens with two attached hydrogens (primary N) is 3. The van der Waals surface area contributed by atoms with E-state index in [9.17, 15) is 108 Å². The van der Waals surface area contributed by atoms with Crippen LogP contribution in [-0.4, -0.2) is 251 Å². The lowest BCUT2D eigenvalue weighted by atomic mass is 9.90. The molecule has 10 amide bonds. The van der Waals surface area contributed by atoms with Crippen LogP contribution >= 0.6 is 69.4 Å². The van der Waals surface area contributed by atoms with E-state index in [1.807, 2.05) is 5.43 Å². The van der Waals surface area contributed by atoms with E-state index >= 15 is 0 Å². The number of halogens is 2. The summed E-state index contributed by atoms with van der Waals surface area (Å²) in [7, 11) is 0. The highest BCUT2D eigenvalue weighted by molar-refractivity contribution is 8.02. The number of aromatic nitrogens is 2. The van der Waals surface area contributed by atoms with Gasteiger partial charge in [-0.25, -0.2) is 59.0 Å². The molecule has 2 aromatic carbocycles. The first-order valence-electron chi connectivity index (χ1n) is 29.0. The lowest BCUT2D eigenvalue weighted by Crippen LogP contribution is -2.60. The number of aliphatic carboxylic acids is 4. The van der Waals surface area contributed by atoms with E-state index in [4.69, 9.17) is 50.1 Å². The number of nitrogen functional groups attached to an aromatic ring is 2. The van der Waals surface area contributed by atoms with Gasteiger partial charge in [0.2, 0.25) is 32.8 Å². The lowest BCUT2D eigenvalue weighted by Gasteiger charge is -2.40. The standard InChI is InChI=1S/C28H29ClN10O12S2.C27H26ClN7O12S2/c1-27(2,22(45)46)51-36-17(12-8-52-25(31)32-12)14(41)7-11-20(44)37-9-28(23(47)48,53-21(11)37)38-5-6-39(26(38)50)35-19(43)16(33-34-24(30)49)10-3-4-13(40)18(42)15(10)29;1-26(2,22(42)43)47-32-16(12-8-48-24(29)30-12)14(37)7-11-20(41)33-9-27(23(44)45,49-21(11)33)34-5-6-35(25(34)46)31-19(40)17(38)10-3-4-13(36)18(39)15(10)28/h3-4,8,11,21,40,42H,5-7,9H2,1-2H3,(H2,31,32)(H,35,43)(H,45,46)(H,47,48)(H3,30,34,49);3-4,8,11,21,36,39H,5-7,9H2,1-2H3,(H2,29,30)(H,31,40)(H,42,43)(H,44,45)/b33-16-,36-17-;32-16-/t11?,21-,28-;11?,21-,27-/m11/s1. The molecule has 6 atom stereocenters. The highest BCUT2D eigenvalue weighted by Gasteiger charge is 2.68. The number of benzene rings is 2. The Balaban J connectivity index is 0.000000238. The Morgan fingerprint density at radius 2 is 1.00 bits per heavy atom. The second-order valence-electron chi connectivity index (χ2n) is 23.3. The number of urea groups is 3. The number of ketones is 3. The van der Waals surface area contributed by atoms with Crippen molar-refractivity contribution in [2.75, 3.05) is 50.7 Å². The fourth-order valence-corrected chi connectivity index (χ4v) is 15.4. The molecule has 6 saturated heterocycles. The molecule has 0 aliphatic carbocycles. The van der Waals surface area contributed by atoms with Crippen molar-refractivity contribution in [1.29, 1.82) is 0 Å². The lowest BCUT2D eigenvalue weighted by molar-refractivity contribution is -0.161. The number of phenols is 4. The Kier molecular flexibility index (Phi) is 21.0. The molecule has 10 rings (SSSR count). The molecular formula is C55H55Cl2N17O24S4. The molecule has 542 valence electrons. The van der Waals surface area contributed by atoms with Gasteiger partial charge in [0.25, 0.3) is 11.7 Å². The van der Waals surface area contributed by atoms with Crippen LogP contribution in [-0.2, 0) is 57.6 Å². The van der Waals surface area contributed by atoms with Gasteiger partial charge in [0.15, 0.2) is 62.0 Å². The van der Waals surface area contributed by atoms with Gasteiger partial charge in [-0.15, -0.1) is 22.7 Å². The molecule has 0 spiro atoms. The van der Waals surface area contributed by atoms with Crippen molar-refractivity contribution in [1.82, 2.24) is 55.9 Å². The third-order valence-corrected chi connectivity index (χ3v) is 21.5. The number of carbonyl (C=O) groups is 14. The molecule has 6 aliphatic heterocycles. The Bertz CT molecular complexity index is 4400. The van der Waals surface area contributed by atoms with Crippen LogP contribution in [0.15, 0.2) is 50.4 Å². The summed E-state index contributed by atoms with van der Waals surface area (Å²) in [5.41, 5.74) is 16.6. The summed E-state index contributed by atoms with van der Waals surface area (Å²) in [6, 6.07) is 0.769. The summed E-state index contributed by atoms with van der Waals surface area (Å²) in [6.07, 6.45) is -1.01. The van der Waals surface area contributed by atoms with Crippen molar-refractivity contribution in [3.05, 3.63) is 67.6 Å². The highest BCUT2D eigenvalue weighted by Crippen LogP contribution is 2.54. The number of nitrogens with zero attached hydrogens (tertiary/aromatic N) is 11. The summed E-state index contributed by atoms with van der Waals surface area (Å²) in [5, 5.41) is 91.1. The first kappa shape index (κ1) is 75.2. The molecule has 17 N–H and O–H groups in total. The van der Waals surface area contributed by atoms with Gasteiger partial charge in [0, 0.05) is 42.3 Å². The minimum atomic E-state index is -2.07. The van der Waals surface area contributed by atoms with E-state index in [-0.39, 0.29) is 53.4 Å². The van der Waals surface area contributed by atoms with Crippen LogP contribution in [0.3, 0.4) is 0 Å². The number of hydrazone groups is 1. The number of amides is 10. The van der Waals surface area contributed by atoms with Crippen LogP contribution in [0.1, 0.15) is 67.8 Å². The number of carboxylic acid groups (broad SMARTS) is 4. The minimum Gasteiger partial charge on any atom is -0.504 e. The molecule has 2 unspecified atom stereocenters. The zero-order chi connectivity index (χ0) is 75.3. The first-order chi connectivity index (χ1) is 47.7. The Morgan fingerprint density at radius 1 is 0.608 bits per heavy atom. The molecule has 8 heterocycles. The fraction of sp³-hybridized carbons (Fsp3) is 0.364. The summed E-state index contributed by atoms with van der Waals surface area (Å²) in [4.78, 5) is 197. The zero-order valence-corrected chi connectivity index (χ0v) is 57.4. The van der Waals surface area contributed by atoms with Crippen LogP contribution in [0, 0.1) is 11.8 Å². The fourth-order valence-electron chi connectivity index (χ4n) is 10.4. The summed E-state index contributed by atoms with van der Waals surface area (Å²) >= 11 is 15.3. The second-order valence-corrected chi connectivity index (χ2v) is 28.7. The largest absolute Gasteiger partial charge is 0.504 e. The monoisotopic (exact) mass is 1540 g/mol. The SMILES string of the molecule is CC(C)(O/N=C(\C(=O)CC1C(=O)N2C[C@@](C(=O)O)(N3CCN(NC(=O)/C(=N\NC(N)=O)c4ccc(O)c(O)c4Cl)C3=O)S[C@H]12)c1csc(N)n1)C(=O)O.CC(C)(O/N=C(\C(=O)CC1C(=O)N2C[C@@](C(=O)O)(N3CCN(NC(=O)C(=O)c4ccc(O)c(O)c4Cl)C3=O)S[C@H]12)c1csc(N)n1)C(=O)O. The van der Waals surface area contributed by atoms with Gasteiger partial charge in [-0.2, -0.15) is 5.10 Å². The van der Waals surface area contributed by atoms with E-state index in [2.05, 4.69) is 36.2 Å². The third kappa shape index (κ3) is 14.2. The van der Waals surface area contributed by atoms with Gasteiger partial charge in [0.05, 0.1) is 64.4 Å². The molecule has 6 aliphatic rings. The number of hydrogen-bond donors (Lipinski definition) is 14. The summed E-state index contributed by atoms with van der Waals surface area (Å²) in [6.45, 7) is 2.81. The Hall–Kier alpha value is -11.0. The summed E-state index contributed by atoms with van der Waals surface area (Å²) in [5.74, 6) is -17.3. The maximum atomic E-state index is 13.6. The molecule has 0 bridgehead atoms. The number of fused-ring (bicyclic) bond motifs is 2. The number of β-lactam (4-membered cyclic amide) rings is 2. The number of primary amides is 1. The molecule has 102 heavy (non-hydrogen) atoms. The van der Waals surface area contributed by atoms with Crippen LogP contribution < -0.4 is 33.5 Å². The number of phenolic OH excluding ortho intramolecular Hbond substituents is 4. The van der Waals surface area contributed by atoms with Gasteiger partial charge >= 0.3 is 47.9 Å². The zero-order valence-electron chi connectivity index (χ0n) is 52.6. The Labute approximate surface area is 596 Å². The third-order valence-electron chi connectivity index (χ3n) is 16.0. The van der Waals surface area contributed by atoms with Gasteiger partial charge in [-0.05, 0) is 52.0 Å². The van der Waals surface area contributed by atoms with Crippen molar-refractivity contribution in [3.8, 4) is 23.0 Å². The number of hydrazine groups is 2. The highest BCUT2D eigenvalue weighted by atomic mass is 35.5. The molecule has 0 saturated carbocycles. The van der Waals surface area contributed by atoms with Crippen molar-refractivity contribution in [2.24, 2.45) is 33.0 Å². The van der Waals surface area contributed by atoms with Crippen molar-refractivity contribution in [3.63, 3.8) is 0 Å². The number of rotatable bonds is 25. The summed E-state index contributed by atoms with van der Waals surface area (Å²) < 4.78 is 0. The number of aromatic hydroxyl groups is 4. The molecule has 0 radical (unpaired) electrons. The molecule has 41 nitrogen and oxygen atoms in total. The molecule has 47 heteroatoms. The molecule has 4 aromatic rings. The average molecular weight is 1540 g/mol. The predicted molar refractivity (Wildman–Crippen MR) is 352 cm³/mol. The number of thiazole rings is 2. The second kappa shape index (κ2) is 28.5. The Morgan fingerprint density at radius 3 is 1.37 bits per heavy atom. The smallest absolute Gasteiger partial charge is 0.350 e. The van der Waals surface area contributed by atoms with E-state index in [0.717, 1.165) is 85.3 Å². The van der Waals surface area contributed by atoms with E-state index < -0.39 is 208 Å². The number of thioether (sulfide) groups is 2. The number of hydrogen-bond acceptors (Lipinski definition) is 31. The van der Waals surface area contributed by atoms with E-state index in [1.165, 1.54) is 48.3 Å². The van der Waals surface area contributed by atoms with Gasteiger partial charge < -0.3 is 77.5 Å². The van der Waals surface area contributed by atoms with Crippen LogP contribution in [0.25, 0.3) is 0 Å². The van der Waals surface area contributed by atoms with Crippen molar-refractivity contribution < 1.29 is 118 Å². The van der Waals surface area contributed by atoms with E-state index in [1.54, 1.807) is 0 Å². The maximum Gasteiger partial charge on any atom is 0.350 e. The maximum absolute atomic E-state index is 13.6. The minimum absolute atomic E-state index is 0.0240. The number of Topliss-reactive ketones (excluding diaryl/α,β-unsaturated/α-hetero) is 3. The molecule has 6 fully saturated rings. The van der Waals surface area contributed by atoms with Crippen molar-refractivity contribution in [2.45, 2.75) is 72.2 Å². The van der Waals surface area contributed by atoms with E-state index in [0.29, 0.717) is 5.01 Å². The van der Waals surface area contributed by atoms with Gasteiger partial charge in [0.1, 0.15) is 11.4 Å². The number of oxime groups is 2. The predicted octanol–water partition coefficient (Wildman–Crippen LogP) is -0.216. The normalized spacial score (nSPS) is 21.8. The number of carboxylic acids is 4.